The molecule has 3 N–H and O–H groups in total. The predicted molar refractivity (Wildman–Crippen MR) is 55.8 cm³/mol. The van der Waals surface area contributed by atoms with Gasteiger partial charge in [0.1, 0.15) is 0 Å². The molecule has 0 saturated heterocycles. The quantitative estimate of drug-likeness (QED) is 0.561. The maximum absolute atomic E-state index is 9.83. The van der Waals surface area contributed by atoms with Crippen molar-refractivity contribution >= 4 is 0 Å². The van der Waals surface area contributed by atoms with E-state index in [0.29, 0.717) is 17.7 Å². The Balaban J connectivity index is 2.61. The van der Waals surface area contributed by atoms with E-state index in [1.165, 1.54) is 6.07 Å². The molecular weight excluding hydrogens is 194 g/mol. The predicted octanol–water partition coefficient (Wildman–Crippen LogP) is 1.14. The lowest BCUT2D eigenvalue weighted by Crippen LogP contribution is -2.33. The van der Waals surface area contributed by atoms with Crippen molar-refractivity contribution in [2.75, 3.05) is 13.6 Å². The summed E-state index contributed by atoms with van der Waals surface area (Å²) in [5.41, 5.74) is 1.33. The second-order valence-corrected chi connectivity index (χ2v) is 4.07. The molecule has 0 aliphatic carbocycles. The Kier molecular flexibility index (Phi) is 2.32. The summed E-state index contributed by atoms with van der Waals surface area (Å²) in [6, 6.07) is 3.07. The second-order valence-electron chi connectivity index (χ2n) is 4.07. The lowest BCUT2D eigenvalue weighted by molar-refractivity contribution is 0.0872. The molecule has 2 rings (SSSR count). The largest absolute Gasteiger partial charge is 0.504 e. The Morgan fingerprint density at radius 3 is 2.67 bits per heavy atom. The zero-order valence-corrected chi connectivity index (χ0v) is 8.81. The minimum Gasteiger partial charge on any atom is -0.504 e. The van der Waals surface area contributed by atoms with Gasteiger partial charge in [0.25, 0.3) is 0 Å². The molecule has 1 aromatic rings. The normalized spacial score (nSPS) is 26.3. The molecule has 1 aliphatic rings. The summed E-state index contributed by atoms with van der Waals surface area (Å²) in [5, 5.41) is 29.0. The summed E-state index contributed by atoms with van der Waals surface area (Å²) in [6.45, 7) is 2.47. The number of nitrogens with zero attached hydrogens (tertiary/aromatic N) is 1. The number of aliphatic hydroxyl groups excluding tert-OH is 1. The molecule has 0 radical (unpaired) electrons. The molecule has 0 amide bonds. The molecule has 4 heteroatoms. The Morgan fingerprint density at radius 2 is 2.00 bits per heavy atom. The smallest absolute Gasteiger partial charge is 0.162 e. The van der Waals surface area contributed by atoms with Gasteiger partial charge in [-0.1, -0.05) is 6.07 Å². The Morgan fingerprint density at radius 1 is 1.33 bits per heavy atom. The first-order chi connectivity index (χ1) is 7.02. The molecule has 4 nitrogen and oxygen atoms in total. The first-order valence-corrected chi connectivity index (χ1v) is 4.95. The number of rotatable bonds is 0. The summed E-state index contributed by atoms with van der Waals surface area (Å²) in [7, 11) is 1.88. The summed E-state index contributed by atoms with van der Waals surface area (Å²) in [4.78, 5) is 1.94. The second kappa shape index (κ2) is 3.40. The third-order valence-corrected chi connectivity index (χ3v) is 3.13. The highest BCUT2D eigenvalue weighted by atomic mass is 16.3. The van der Waals surface area contributed by atoms with E-state index in [4.69, 9.17) is 0 Å². The van der Waals surface area contributed by atoms with Crippen LogP contribution in [0, 0.1) is 0 Å². The van der Waals surface area contributed by atoms with E-state index < -0.39 is 6.10 Å². The van der Waals surface area contributed by atoms with Crippen LogP contribution in [0.1, 0.15) is 30.2 Å². The fraction of sp³-hybridized carbons (Fsp3) is 0.455. The van der Waals surface area contributed by atoms with Crippen LogP contribution < -0.4 is 0 Å². The molecule has 0 bridgehead atoms. The van der Waals surface area contributed by atoms with Crippen LogP contribution in [-0.4, -0.2) is 33.8 Å². The number of hydrogen-bond donors (Lipinski definition) is 3. The number of aromatic hydroxyl groups is 2. The molecule has 1 aromatic carbocycles. The maximum Gasteiger partial charge on any atom is 0.162 e. The summed E-state index contributed by atoms with van der Waals surface area (Å²) >= 11 is 0. The lowest BCUT2D eigenvalue weighted by atomic mass is 9.91. The molecule has 82 valence electrons. The molecule has 0 fully saturated rings. The number of phenolic OH excluding ortho intramolecular Hbond substituents is 2. The average molecular weight is 209 g/mol. The Labute approximate surface area is 88.4 Å². The number of phenols is 2. The van der Waals surface area contributed by atoms with Gasteiger partial charge in [-0.15, -0.1) is 0 Å². The molecule has 0 aromatic heterocycles. The van der Waals surface area contributed by atoms with Crippen molar-refractivity contribution in [2.45, 2.75) is 19.1 Å². The minimum absolute atomic E-state index is 0.00417. The van der Waals surface area contributed by atoms with Gasteiger partial charge in [0, 0.05) is 18.2 Å². The van der Waals surface area contributed by atoms with Crippen molar-refractivity contribution in [1.82, 2.24) is 4.90 Å². The first kappa shape index (κ1) is 10.3. The average Bonchev–Trinajstić information content (AvgIpc) is 2.19. The topological polar surface area (TPSA) is 63.9 Å². The van der Waals surface area contributed by atoms with Gasteiger partial charge in [0.05, 0.1) is 6.10 Å². The monoisotopic (exact) mass is 209 g/mol. The van der Waals surface area contributed by atoms with Gasteiger partial charge in [-0.05, 0) is 25.6 Å². The third kappa shape index (κ3) is 1.46. The van der Waals surface area contributed by atoms with Crippen LogP contribution in [0.2, 0.25) is 0 Å². The molecular formula is C11H15NO3. The standard InChI is InChI=1S/C11H15NO3/c1-6-10-7(9(14)5-12(6)2)3-4-8(13)11(10)15/h3-4,6,9,13-15H,5H2,1-2H3/t6-,9+/m1/s1. The Hall–Kier alpha value is -1.26. The minimum atomic E-state index is -0.604. The molecule has 0 unspecified atom stereocenters. The van der Waals surface area contributed by atoms with Gasteiger partial charge in [-0.25, -0.2) is 0 Å². The third-order valence-electron chi connectivity index (χ3n) is 3.13. The van der Waals surface area contributed by atoms with Crippen molar-refractivity contribution in [3.63, 3.8) is 0 Å². The number of aliphatic hydroxyl groups is 1. The van der Waals surface area contributed by atoms with Gasteiger partial charge in [0.2, 0.25) is 0 Å². The molecule has 0 spiro atoms. The number of benzene rings is 1. The van der Waals surface area contributed by atoms with Gasteiger partial charge >= 0.3 is 0 Å². The van der Waals surface area contributed by atoms with Crippen LogP contribution in [0.4, 0.5) is 0 Å². The Bertz CT molecular complexity index is 392. The summed E-state index contributed by atoms with van der Waals surface area (Å²) in [5.74, 6) is -0.256. The maximum atomic E-state index is 9.83. The van der Waals surface area contributed by atoms with Crippen molar-refractivity contribution in [1.29, 1.82) is 0 Å². The van der Waals surface area contributed by atoms with E-state index in [2.05, 4.69) is 0 Å². The summed E-state index contributed by atoms with van der Waals surface area (Å²) < 4.78 is 0. The van der Waals surface area contributed by atoms with E-state index in [-0.39, 0.29) is 17.5 Å². The van der Waals surface area contributed by atoms with E-state index in [1.54, 1.807) is 6.07 Å². The van der Waals surface area contributed by atoms with E-state index in [9.17, 15) is 15.3 Å². The number of β-amino-alcohol motifs (C(OH)–C–C–N with tert-alkyl or cyclic N) is 1. The van der Waals surface area contributed by atoms with E-state index in [1.807, 2.05) is 18.9 Å². The lowest BCUT2D eigenvalue weighted by Gasteiger charge is -2.35. The van der Waals surface area contributed by atoms with Gasteiger partial charge in [-0.2, -0.15) is 0 Å². The zero-order valence-electron chi connectivity index (χ0n) is 8.81. The van der Waals surface area contributed by atoms with Gasteiger partial charge < -0.3 is 15.3 Å². The van der Waals surface area contributed by atoms with E-state index >= 15 is 0 Å². The van der Waals surface area contributed by atoms with Crippen molar-refractivity contribution < 1.29 is 15.3 Å². The van der Waals surface area contributed by atoms with Crippen LogP contribution in [0.3, 0.4) is 0 Å². The van der Waals surface area contributed by atoms with Crippen LogP contribution in [0.5, 0.6) is 11.5 Å². The van der Waals surface area contributed by atoms with Crippen LogP contribution >= 0.6 is 0 Å². The fourth-order valence-electron chi connectivity index (χ4n) is 2.09. The summed E-state index contributed by atoms with van der Waals surface area (Å²) in [6.07, 6.45) is -0.604. The van der Waals surface area contributed by atoms with Crippen LogP contribution in [0.25, 0.3) is 0 Å². The number of fused-ring (bicyclic) bond motifs is 1. The van der Waals surface area contributed by atoms with Crippen molar-refractivity contribution in [2.24, 2.45) is 0 Å². The SMILES string of the molecule is C[C@@H]1c2c(ccc(O)c2O)[C@@H](O)CN1C. The highest BCUT2D eigenvalue weighted by Crippen LogP contribution is 2.42. The number of hydrogen-bond acceptors (Lipinski definition) is 4. The highest BCUT2D eigenvalue weighted by molar-refractivity contribution is 5.52. The first-order valence-electron chi connectivity index (χ1n) is 4.95. The molecule has 1 aliphatic heterocycles. The highest BCUT2D eigenvalue weighted by Gasteiger charge is 2.30. The van der Waals surface area contributed by atoms with Crippen molar-refractivity contribution in [3.05, 3.63) is 23.3 Å². The van der Waals surface area contributed by atoms with Crippen LogP contribution in [0.15, 0.2) is 12.1 Å². The van der Waals surface area contributed by atoms with Gasteiger partial charge in [0.15, 0.2) is 11.5 Å². The molecule has 15 heavy (non-hydrogen) atoms. The van der Waals surface area contributed by atoms with Crippen molar-refractivity contribution in [3.8, 4) is 11.5 Å². The van der Waals surface area contributed by atoms with E-state index in [0.717, 1.165) is 0 Å². The zero-order chi connectivity index (χ0) is 11.2. The van der Waals surface area contributed by atoms with Gasteiger partial charge in [-0.3, -0.25) is 4.90 Å². The molecule has 0 saturated carbocycles. The number of likely N-dealkylation sites (N-methyl/N-ethyl adjacent to an activating group) is 1. The fourth-order valence-corrected chi connectivity index (χ4v) is 2.09. The van der Waals surface area contributed by atoms with Crippen LogP contribution in [-0.2, 0) is 0 Å². The molecule has 2 atom stereocenters. The molecule has 1 heterocycles.